The van der Waals surface area contributed by atoms with Crippen LogP contribution in [0.1, 0.15) is 38.7 Å². The Hall–Kier alpha value is -2.60. The standard InChI is InChI=1S/C23H28ClFN2O3/c1-3-5-14-26-23(29)20(4-2)27(15-17-10-12-18(25)13-11-17)22(28)16-30-21-9-7-6-8-19(21)24/h6-13,20H,3-5,14-16H2,1-2H3,(H,26,29)/t20-/m1/s1. The predicted octanol–water partition coefficient (Wildman–Crippen LogP) is 4.58. The first-order valence-corrected chi connectivity index (χ1v) is 10.5. The minimum Gasteiger partial charge on any atom is -0.482 e. The molecule has 0 aliphatic carbocycles. The van der Waals surface area contributed by atoms with Gasteiger partial charge in [-0.15, -0.1) is 0 Å². The van der Waals surface area contributed by atoms with Crippen molar-refractivity contribution in [3.05, 3.63) is 64.9 Å². The van der Waals surface area contributed by atoms with Crippen LogP contribution in [0.2, 0.25) is 5.02 Å². The molecule has 0 heterocycles. The Labute approximate surface area is 182 Å². The maximum atomic E-state index is 13.3. The Morgan fingerprint density at radius 3 is 2.47 bits per heavy atom. The van der Waals surface area contributed by atoms with Crippen molar-refractivity contribution in [2.24, 2.45) is 0 Å². The van der Waals surface area contributed by atoms with E-state index in [-0.39, 0.29) is 30.8 Å². The van der Waals surface area contributed by atoms with Crippen molar-refractivity contribution < 1.29 is 18.7 Å². The summed E-state index contributed by atoms with van der Waals surface area (Å²) in [5.41, 5.74) is 0.724. The van der Waals surface area contributed by atoms with Gasteiger partial charge in [0, 0.05) is 13.1 Å². The third-order valence-corrected chi connectivity index (χ3v) is 4.98. The number of hydrogen-bond acceptors (Lipinski definition) is 3. The molecule has 2 aromatic rings. The van der Waals surface area contributed by atoms with E-state index < -0.39 is 6.04 Å². The lowest BCUT2D eigenvalue weighted by molar-refractivity contribution is -0.143. The second-order valence-electron chi connectivity index (χ2n) is 6.94. The Morgan fingerprint density at radius 2 is 1.83 bits per heavy atom. The van der Waals surface area contributed by atoms with E-state index in [0.717, 1.165) is 18.4 Å². The highest BCUT2D eigenvalue weighted by molar-refractivity contribution is 6.32. The molecule has 0 aromatic heterocycles. The number of para-hydroxylation sites is 1. The van der Waals surface area contributed by atoms with Crippen LogP contribution in [0.25, 0.3) is 0 Å². The molecule has 0 radical (unpaired) electrons. The summed E-state index contributed by atoms with van der Waals surface area (Å²) in [4.78, 5) is 27.3. The predicted molar refractivity (Wildman–Crippen MR) is 116 cm³/mol. The first-order valence-electron chi connectivity index (χ1n) is 10.1. The minimum atomic E-state index is -0.658. The van der Waals surface area contributed by atoms with Crippen molar-refractivity contribution in [2.75, 3.05) is 13.2 Å². The van der Waals surface area contributed by atoms with Crippen LogP contribution in [0.4, 0.5) is 4.39 Å². The molecule has 1 atom stereocenters. The molecule has 2 amide bonds. The number of carbonyl (C=O) groups excluding carboxylic acids is 2. The van der Waals surface area contributed by atoms with Gasteiger partial charge >= 0.3 is 0 Å². The van der Waals surface area contributed by atoms with E-state index in [9.17, 15) is 14.0 Å². The zero-order valence-corrected chi connectivity index (χ0v) is 18.1. The van der Waals surface area contributed by atoms with Gasteiger partial charge in [0.25, 0.3) is 5.91 Å². The molecule has 5 nitrogen and oxygen atoms in total. The summed E-state index contributed by atoms with van der Waals surface area (Å²) in [6.45, 7) is 4.36. The molecule has 7 heteroatoms. The van der Waals surface area contributed by atoms with Gasteiger partial charge in [-0.2, -0.15) is 0 Å². The van der Waals surface area contributed by atoms with Crippen LogP contribution in [0, 0.1) is 5.82 Å². The van der Waals surface area contributed by atoms with E-state index >= 15 is 0 Å². The number of halogens is 2. The molecular formula is C23H28ClFN2O3. The van der Waals surface area contributed by atoms with E-state index in [1.54, 1.807) is 36.4 Å². The number of hydrogen-bond donors (Lipinski definition) is 1. The Bertz CT molecular complexity index is 829. The molecule has 0 fully saturated rings. The van der Waals surface area contributed by atoms with Gasteiger partial charge in [0.2, 0.25) is 5.91 Å². The molecule has 30 heavy (non-hydrogen) atoms. The average molecular weight is 435 g/mol. The summed E-state index contributed by atoms with van der Waals surface area (Å²) in [6, 6.07) is 12.1. The number of nitrogens with one attached hydrogen (secondary N) is 1. The summed E-state index contributed by atoms with van der Waals surface area (Å²) in [5.74, 6) is -0.520. The number of rotatable bonds is 11. The van der Waals surface area contributed by atoms with E-state index in [0.29, 0.717) is 23.7 Å². The SMILES string of the molecule is CCCCNC(=O)[C@@H](CC)N(Cc1ccc(F)cc1)C(=O)COc1ccccc1Cl. The van der Waals surface area contributed by atoms with Gasteiger partial charge in [0.1, 0.15) is 17.6 Å². The van der Waals surface area contributed by atoms with Crippen LogP contribution in [0.15, 0.2) is 48.5 Å². The van der Waals surface area contributed by atoms with Crippen molar-refractivity contribution in [2.45, 2.75) is 45.7 Å². The van der Waals surface area contributed by atoms with Crippen LogP contribution in [-0.2, 0) is 16.1 Å². The first kappa shape index (κ1) is 23.7. The molecule has 162 valence electrons. The number of carbonyl (C=O) groups is 2. The Morgan fingerprint density at radius 1 is 1.13 bits per heavy atom. The van der Waals surface area contributed by atoms with Crippen molar-refractivity contribution >= 4 is 23.4 Å². The fourth-order valence-corrected chi connectivity index (χ4v) is 3.19. The van der Waals surface area contributed by atoms with Gasteiger partial charge in [-0.1, -0.05) is 56.1 Å². The lowest BCUT2D eigenvalue weighted by Crippen LogP contribution is -2.50. The number of amides is 2. The quantitative estimate of drug-likeness (QED) is 0.526. The molecule has 0 saturated heterocycles. The largest absolute Gasteiger partial charge is 0.482 e. The van der Waals surface area contributed by atoms with E-state index in [1.807, 2.05) is 13.8 Å². The Balaban J connectivity index is 2.17. The fraction of sp³-hybridized carbons (Fsp3) is 0.391. The topological polar surface area (TPSA) is 58.6 Å². The van der Waals surface area contributed by atoms with Crippen LogP contribution in [-0.4, -0.2) is 35.9 Å². The molecule has 0 unspecified atom stereocenters. The highest BCUT2D eigenvalue weighted by Gasteiger charge is 2.28. The lowest BCUT2D eigenvalue weighted by Gasteiger charge is -2.30. The number of nitrogens with zero attached hydrogens (tertiary/aromatic N) is 1. The zero-order chi connectivity index (χ0) is 21.9. The van der Waals surface area contributed by atoms with Crippen LogP contribution in [0.3, 0.4) is 0 Å². The average Bonchev–Trinajstić information content (AvgIpc) is 2.74. The zero-order valence-electron chi connectivity index (χ0n) is 17.4. The van der Waals surface area contributed by atoms with Crippen LogP contribution >= 0.6 is 11.6 Å². The highest BCUT2D eigenvalue weighted by Crippen LogP contribution is 2.23. The lowest BCUT2D eigenvalue weighted by atomic mass is 10.1. The van der Waals surface area contributed by atoms with Crippen molar-refractivity contribution in [1.29, 1.82) is 0 Å². The molecule has 0 aliphatic heterocycles. The smallest absolute Gasteiger partial charge is 0.261 e. The molecule has 0 bridgehead atoms. The summed E-state index contributed by atoms with van der Waals surface area (Å²) in [7, 11) is 0. The number of ether oxygens (including phenoxy) is 1. The molecule has 2 rings (SSSR count). The van der Waals surface area contributed by atoms with Crippen molar-refractivity contribution in [1.82, 2.24) is 10.2 Å². The van der Waals surface area contributed by atoms with Gasteiger partial charge in [0.15, 0.2) is 6.61 Å². The Kier molecular flexibility index (Phi) is 9.61. The summed E-state index contributed by atoms with van der Waals surface area (Å²) in [6.07, 6.45) is 2.27. The minimum absolute atomic E-state index is 0.171. The highest BCUT2D eigenvalue weighted by atomic mass is 35.5. The third kappa shape index (κ3) is 7.02. The molecule has 0 spiro atoms. The molecule has 0 saturated carbocycles. The van der Waals surface area contributed by atoms with Crippen LogP contribution < -0.4 is 10.1 Å². The van der Waals surface area contributed by atoms with E-state index in [2.05, 4.69) is 5.32 Å². The maximum Gasteiger partial charge on any atom is 0.261 e. The number of benzene rings is 2. The second-order valence-corrected chi connectivity index (χ2v) is 7.34. The van der Waals surface area contributed by atoms with Gasteiger partial charge < -0.3 is 15.0 Å². The third-order valence-electron chi connectivity index (χ3n) is 4.67. The maximum absolute atomic E-state index is 13.3. The molecular weight excluding hydrogens is 407 g/mol. The van der Waals surface area contributed by atoms with Crippen LogP contribution in [0.5, 0.6) is 5.75 Å². The molecule has 1 N–H and O–H groups in total. The van der Waals surface area contributed by atoms with Gasteiger partial charge in [-0.3, -0.25) is 9.59 Å². The fourth-order valence-electron chi connectivity index (χ4n) is 3.00. The summed E-state index contributed by atoms with van der Waals surface area (Å²) < 4.78 is 18.9. The van der Waals surface area contributed by atoms with E-state index in [1.165, 1.54) is 17.0 Å². The molecule has 2 aromatic carbocycles. The van der Waals surface area contributed by atoms with Crippen molar-refractivity contribution in [3.63, 3.8) is 0 Å². The van der Waals surface area contributed by atoms with Gasteiger partial charge in [-0.25, -0.2) is 4.39 Å². The summed E-state index contributed by atoms with van der Waals surface area (Å²) >= 11 is 6.09. The van der Waals surface area contributed by atoms with Gasteiger partial charge in [0.05, 0.1) is 5.02 Å². The number of unbranched alkanes of at least 4 members (excludes halogenated alkanes) is 1. The first-order chi connectivity index (χ1) is 14.5. The monoisotopic (exact) mass is 434 g/mol. The second kappa shape index (κ2) is 12.2. The van der Waals surface area contributed by atoms with E-state index in [4.69, 9.17) is 16.3 Å². The summed E-state index contributed by atoms with van der Waals surface area (Å²) in [5, 5.41) is 3.30. The van der Waals surface area contributed by atoms with Crippen molar-refractivity contribution in [3.8, 4) is 5.75 Å². The van der Waals surface area contributed by atoms with Gasteiger partial charge in [-0.05, 0) is 42.7 Å². The molecule has 0 aliphatic rings. The normalized spacial score (nSPS) is 11.6.